The van der Waals surface area contributed by atoms with Crippen LogP contribution in [0.5, 0.6) is 0 Å². The number of thiocarbonyl (C=S) groups is 1. The van der Waals surface area contributed by atoms with Gasteiger partial charge in [0.15, 0.2) is 0 Å². The van der Waals surface area contributed by atoms with Gasteiger partial charge in [-0.1, -0.05) is 29.3 Å². The van der Waals surface area contributed by atoms with Crippen molar-refractivity contribution in [1.29, 1.82) is 5.26 Å². The molecule has 0 aliphatic carbocycles. The molecule has 0 heterocycles. The van der Waals surface area contributed by atoms with Crippen LogP contribution in [0.4, 0.5) is 5.69 Å². The highest BCUT2D eigenvalue weighted by molar-refractivity contribution is 8.03. The number of rotatable bonds is 8. The molecule has 0 fully saturated rings. The largest absolute Gasteiger partial charge is 0.295 e. The fourth-order valence-electron chi connectivity index (χ4n) is 2.08. The van der Waals surface area contributed by atoms with Gasteiger partial charge in [0.25, 0.3) is 10.1 Å². The fraction of sp³-hybridized carbons (Fsp3) is 0. The van der Waals surface area contributed by atoms with Crippen molar-refractivity contribution in [3.05, 3.63) is 47.5 Å². The van der Waals surface area contributed by atoms with Crippen LogP contribution in [0.1, 0.15) is 11.1 Å². The molecule has 0 saturated heterocycles. The smallest absolute Gasteiger partial charge is 0.282 e. The molecule has 0 saturated carbocycles. The second kappa shape index (κ2) is 10.5. The number of isothiocyanates is 1. The predicted octanol–water partition coefficient (Wildman–Crippen LogP) is 4.84. The van der Waals surface area contributed by atoms with Gasteiger partial charge in [-0.05, 0) is 59.4 Å². The van der Waals surface area contributed by atoms with Crippen molar-refractivity contribution >= 4 is 69.1 Å². The number of aliphatic imine (C=N–C) groups is 1. The number of benzene rings is 2. The number of thioether (sulfide) groups is 1. The molecule has 2 rings (SSSR count). The van der Waals surface area contributed by atoms with E-state index in [0.717, 1.165) is 11.8 Å². The first-order valence-electron chi connectivity index (χ1n) is 7.11. The number of thiocyanates is 1. The zero-order chi connectivity index (χ0) is 20.6. The Morgan fingerprint density at radius 1 is 1.18 bits per heavy atom. The molecule has 0 aromatic heterocycles. The Morgan fingerprint density at radius 2 is 1.89 bits per heavy atom. The second-order valence-corrected chi connectivity index (χ2v) is 8.03. The van der Waals surface area contributed by atoms with Crippen molar-refractivity contribution < 1.29 is 27.6 Å². The third-order valence-corrected chi connectivity index (χ3v) is 5.44. The lowest BCUT2D eigenvalue weighted by Crippen LogP contribution is -2.01. The van der Waals surface area contributed by atoms with Crippen molar-refractivity contribution in [3.63, 3.8) is 0 Å². The number of hydrogen-bond acceptors (Lipinski definition) is 10. The van der Waals surface area contributed by atoms with Gasteiger partial charge >= 0.3 is 0 Å². The van der Waals surface area contributed by atoms with Crippen LogP contribution < -0.4 is 0 Å². The third kappa shape index (κ3) is 6.25. The first-order valence-corrected chi connectivity index (χ1v) is 10.5. The van der Waals surface area contributed by atoms with E-state index in [-0.39, 0.29) is 10.5 Å². The summed E-state index contributed by atoms with van der Waals surface area (Å²) in [4.78, 5) is 4.35. The minimum atomic E-state index is -4.51. The van der Waals surface area contributed by atoms with E-state index >= 15 is 0 Å². The molecular weight excluding hydrogens is 444 g/mol. The summed E-state index contributed by atoms with van der Waals surface area (Å²) < 4.78 is 37.3. The molecule has 8 nitrogen and oxygen atoms in total. The molecule has 2 aromatic rings. The minimum Gasteiger partial charge on any atom is -0.282 e. The Bertz CT molecular complexity index is 1090. The summed E-state index contributed by atoms with van der Waals surface area (Å²) in [5, 5.41) is 24.7. The lowest BCUT2D eigenvalue weighted by atomic mass is 10.1. The summed E-state index contributed by atoms with van der Waals surface area (Å²) in [7, 11) is -4.51. The van der Waals surface area contributed by atoms with Crippen molar-refractivity contribution in [1.82, 2.24) is 0 Å². The zero-order valence-electron chi connectivity index (χ0n) is 13.7. The number of nitrogens with zero attached hydrogens (tertiary/aromatic N) is 2. The minimum absolute atomic E-state index is 0.209. The summed E-state index contributed by atoms with van der Waals surface area (Å²) in [6.45, 7) is 0. The van der Waals surface area contributed by atoms with E-state index < -0.39 is 10.1 Å². The van der Waals surface area contributed by atoms with Crippen molar-refractivity contribution in [3.8, 4) is 5.40 Å². The Kier molecular flexibility index (Phi) is 8.34. The molecule has 28 heavy (non-hydrogen) atoms. The summed E-state index contributed by atoms with van der Waals surface area (Å²) in [5.41, 5.74) is 1.26. The van der Waals surface area contributed by atoms with Crippen LogP contribution in [0.15, 0.2) is 56.1 Å². The van der Waals surface area contributed by atoms with Gasteiger partial charge in [0.05, 0.1) is 22.9 Å². The molecule has 2 aromatic carbocycles. The average Bonchev–Trinajstić information content (AvgIpc) is 2.66. The standard InChI is InChI=1S/C16H10N2O6S4/c17-9-26-14-6-4-12(16(8-14)28(20,21)22)2-1-11-3-5-13(18-10-25)7-15(11)27-24-23-19/h1-8,19H,(H,20,21,22). The van der Waals surface area contributed by atoms with E-state index in [4.69, 9.17) is 10.5 Å². The number of nitriles is 1. The van der Waals surface area contributed by atoms with Crippen molar-refractivity contribution in [2.24, 2.45) is 4.99 Å². The second-order valence-electron chi connectivity index (χ2n) is 4.85. The normalized spacial score (nSPS) is 11.2. The molecular formula is C16H10N2O6S4. The Balaban J connectivity index is 2.47. The van der Waals surface area contributed by atoms with E-state index in [1.807, 2.05) is 5.40 Å². The Morgan fingerprint density at radius 3 is 2.54 bits per heavy atom. The highest BCUT2D eigenvalue weighted by atomic mass is 32.2. The summed E-state index contributed by atoms with van der Waals surface area (Å²) in [5.74, 6) is 0. The molecule has 0 unspecified atom stereocenters. The average molecular weight is 455 g/mol. The molecule has 0 atom stereocenters. The monoisotopic (exact) mass is 454 g/mol. The fourth-order valence-corrected chi connectivity index (χ4v) is 3.89. The molecule has 2 N–H and O–H groups in total. The lowest BCUT2D eigenvalue weighted by Gasteiger charge is -2.06. The van der Waals surface area contributed by atoms with Crippen LogP contribution in [0.2, 0.25) is 0 Å². The van der Waals surface area contributed by atoms with E-state index in [9.17, 15) is 13.0 Å². The van der Waals surface area contributed by atoms with Crippen molar-refractivity contribution in [2.45, 2.75) is 14.7 Å². The molecule has 0 aliphatic rings. The lowest BCUT2D eigenvalue weighted by molar-refractivity contribution is -0.432. The predicted molar refractivity (Wildman–Crippen MR) is 108 cm³/mol. The van der Waals surface area contributed by atoms with Gasteiger partial charge in [-0.3, -0.25) is 4.55 Å². The topological polar surface area (TPSA) is 129 Å². The zero-order valence-corrected chi connectivity index (χ0v) is 16.9. The van der Waals surface area contributed by atoms with E-state index in [2.05, 4.69) is 31.7 Å². The maximum absolute atomic E-state index is 11.7. The third-order valence-electron chi connectivity index (χ3n) is 3.19. The molecule has 0 radical (unpaired) electrons. The van der Waals surface area contributed by atoms with Crippen LogP contribution in [0, 0.1) is 10.7 Å². The molecule has 0 amide bonds. The van der Waals surface area contributed by atoms with E-state index in [0.29, 0.717) is 33.1 Å². The van der Waals surface area contributed by atoms with Crippen LogP contribution in [-0.2, 0) is 19.5 Å². The number of hydrogen-bond donors (Lipinski definition) is 2. The Hall–Kier alpha value is -2.04. The molecule has 0 aliphatic heterocycles. The van der Waals surface area contributed by atoms with Gasteiger partial charge in [-0.15, -0.1) is 4.33 Å². The molecule has 12 heteroatoms. The van der Waals surface area contributed by atoms with Gasteiger partial charge in [0, 0.05) is 9.79 Å². The highest BCUT2D eigenvalue weighted by Crippen LogP contribution is 2.31. The van der Waals surface area contributed by atoms with Gasteiger partial charge in [-0.25, -0.2) is 5.26 Å². The maximum atomic E-state index is 11.7. The first kappa shape index (κ1) is 22.3. The summed E-state index contributed by atoms with van der Waals surface area (Å²) >= 11 is 6.01. The van der Waals surface area contributed by atoms with Crippen LogP contribution in [0.3, 0.4) is 0 Å². The van der Waals surface area contributed by atoms with Gasteiger partial charge < -0.3 is 0 Å². The van der Waals surface area contributed by atoms with Gasteiger partial charge in [-0.2, -0.15) is 18.7 Å². The molecule has 0 bridgehead atoms. The van der Waals surface area contributed by atoms with E-state index in [1.54, 1.807) is 30.3 Å². The van der Waals surface area contributed by atoms with Crippen molar-refractivity contribution in [2.75, 3.05) is 0 Å². The Labute approximate surface area is 174 Å². The van der Waals surface area contributed by atoms with E-state index in [1.165, 1.54) is 18.2 Å². The summed E-state index contributed by atoms with van der Waals surface area (Å²) in [6.07, 6.45) is 3.03. The molecule has 0 spiro atoms. The van der Waals surface area contributed by atoms with Crippen LogP contribution >= 0.6 is 36.0 Å². The highest BCUT2D eigenvalue weighted by Gasteiger charge is 2.15. The van der Waals surface area contributed by atoms with Crippen LogP contribution in [-0.4, -0.2) is 23.4 Å². The quantitative estimate of drug-likeness (QED) is 0.0657. The molecule has 144 valence electrons. The van der Waals surface area contributed by atoms with Crippen LogP contribution in [0.25, 0.3) is 12.2 Å². The SMILES string of the molecule is N#CSc1ccc(C=Cc2ccc(N=C=S)cc2SOOO)c(S(=O)(=O)O)c1. The first-order chi connectivity index (χ1) is 13.4. The van der Waals surface area contributed by atoms with Gasteiger partial charge in [0.2, 0.25) is 0 Å². The summed E-state index contributed by atoms with van der Waals surface area (Å²) in [6, 6.07) is 9.09. The maximum Gasteiger partial charge on any atom is 0.295 e. The van der Waals surface area contributed by atoms with Gasteiger partial charge in [0.1, 0.15) is 10.3 Å².